The van der Waals surface area contributed by atoms with Gasteiger partial charge in [0.15, 0.2) is 0 Å². The number of aryl methyl sites for hydroxylation is 1. The molecule has 0 saturated heterocycles. The van der Waals surface area contributed by atoms with Crippen LogP contribution < -0.4 is 10.1 Å². The molecule has 0 aliphatic carbocycles. The lowest BCUT2D eigenvalue weighted by molar-refractivity contribution is 0.264. The third-order valence-electron chi connectivity index (χ3n) is 3.78. The molecule has 2 heterocycles. The molecule has 0 fully saturated rings. The summed E-state index contributed by atoms with van der Waals surface area (Å²) in [6.45, 7) is 4.67. The summed E-state index contributed by atoms with van der Waals surface area (Å²) in [5, 5.41) is 3.54. The molecule has 3 heteroatoms. The monoisotopic (exact) mass is 268 g/mol. The quantitative estimate of drug-likeness (QED) is 0.925. The van der Waals surface area contributed by atoms with E-state index in [0.29, 0.717) is 5.92 Å². The van der Waals surface area contributed by atoms with Gasteiger partial charge in [-0.2, -0.15) is 0 Å². The third-order valence-corrected chi connectivity index (χ3v) is 3.78. The maximum Gasteiger partial charge on any atom is 0.122 e. The zero-order valence-electron chi connectivity index (χ0n) is 11.8. The molecular formula is C17H20N2O. The van der Waals surface area contributed by atoms with Gasteiger partial charge in [0.05, 0.1) is 6.61 Å². The Kier molecular flexibility index (Phi) is 3.97. The number of hydrogen-bond donors (Lipinski definition) is 1. The summed E-state index contributed by atoms with van der Waals surface area (Å²) in [6, 6.07) is 12.5. The van der Waals surface area contributed by atoms with Crippen LogP contribution in [0.5, 0.6) is 5.75 Å². The number of benzene rings is 1. The number of rotatable bonds is 4. The van der Waals surface area contributed by atoms with E-state index in [-0.39, 0.29) is 0 Å². The van der Waals surface area contributed by atoms with E-state index in [1.165, 1.54) is 11.1 Å². The van der Waals surface area contributed by atoms with Gasteiger partial charge >= 0.3 is 0 Å². The highest BCUT2D eigenvalue weighted by atomic mass is 16.5. The average molecular weight is 268 g/mol. The summed E-state index contributed by atoms with van der Waals surface area (Å²) in [5.74, 6) is 1.58. The largest absolute Gasteiger partial charge is 0.493 e. The molecule has 1 aromatic heterocycles. The summed E-state index contributed by atoms with van der Waals surface area (Å²) in [6.07, 6.45) is 3.02. The lowest BCUT2D eigenvalue weighted by Gasteiger charge is -2.26. The first-order valence-electron chi connectivity index (χ1n) is 7.17. The van der Waals surface area contributed by atoms with Crippen LogP contribution in [0.3, 0.4) is 0 Å². The van der Waals surface area contributed by atoms with E-state index in [4.69, 9.17) is 4.74 Å². The molecule has 0 radical (unpaired) electrons. The van der Waals surface area contributed by atoms with E-state index in [1.54, 1.807) is 0 Å². The standard InChI is InChI=1S/C17H20N2O/c1-13-6-7-14(11-19-13)10-18-12-15-8-9-20-17-5-3-2-4-16(15)17/h2-7,11,15,18H,8-10,12H2,1H3. The Morgan fingerprint density at radius 3 is 3.00 bits per heavy atom. The number of ether oxygens (including phenoxy) is 1. The van der Waals surface area contributed by atoms with Gasteiger partial charge in [-0.15, -0.1) is 0 Å². The summed E-state index contributed by atoms with van der Waals surface area (Å²) < 4.78 is 5.69. The Hall–Kier alpha value is -1.87. The second kappa shape index (κ2) is 6.06. The molecule has 1 aliphatic heterocycles. The molecule has 1 aliphatic rings. The molecule has 2 aromatic rings. The van der Waals surface area contributed by atoms with E-state index >= 15 is 0 Å². The van der Waals surface area contributed by atoms with Crippen LogP contribution in [-0.2, 0) is 6.54 Å². The minimum Gasteiger partial charge on any atom is -0.493 e. The van der Waals surface area contributed by atoms with Gasteiger partial charge in [-0.1, -0.05) is 24.3 Å². The zero-order chi connectivity index (χ0) is 13.8. The first kappa shape index (κ1) is 13.1. The Morgan fingerprint density at radius 2 is 2.15 bits per heavy atom. The van der Waals surface area contributed by atoms with Crippen molar-refractivity contribution in [2.24, 2.45) is 0 Å². The van der Waals surface area contributed by atoms with Crippen LogP contribution in [0.2, 0.25) is 0 Å². The number of aromatic nitrogens is 1. The van der Waals surface area contributed by atoms with Gasteiger partial charge in [0.2, 0.25) is 0 Å². The molecule has 3 rings (SSSR count). The molecule has 0 spiro atoms. The van der Waals surface area contributed by atoms with E-state index in [9.17, 15) is 0 Å². The lowest BCUT2D eigenvalue weighted by atomic mass is 9.93. The summed E-state index contributed by atoms with van der Waals surface area (Å²) >= 11 is 0. The number of nitrogens with one attached hydrogen (secondary N) is 1. The molecule has 1 unspecified atom stereocenters. The van der Waals surface area contributed by atoms with Gasteiger partial charge in [0.1, 0.15) is 5.75 Å². The fourth-order valence-electron chi connectivity index (χ4n) is 2.62. The smallest absolute Gasteiger partial charge is 0.122 e. The molecule has 0 saturated carbocycles. The normalized spacial score (nSPS) is 17.4. The molecular weight excluding hydrogens is 248 g/mol. The highest BCUT2D eigenvalue weighted by Gasteiger charge is 2.20. The first-order valence-corrected chi connectivity index (χ1v) is 7.17. The topological polar surface area (TPSA) is 34.1 Å². The van der Waals surface area contributed by atoms with Crippen LogP contribution >= 0.6 is 0 Å². The lowest BCUT2D eigenvalue weighted by Crippen LogP contribution is -2.25. The van der Waals surface area contributed by atoms with Crippen LogP contribution in [0.25, 0.3) is 0 Å². The average Bonchev–Trinajstić information content (AvgIpc) is 2.49. The number of pyridine rings is 1. The van der Waals surface area contributed by atoms with E-state index in [2.05, 4.69) is 40.6 Å². The Morgan fingerprint density at radius 1 is 1.25 bits per heavy atom. The van der Waals surface area contributed by atoms with E-state index in [0.717, 1.165) is 37.6 Å². The zero-order valence-corrected chi connectivity index (χ0v) is 11.8. The highest BCUT2D eigenvalue weighted by Crippen LogP contribution is 2.32. The number of nitrogens with zero attached hydrogens (tertiary/aromatic N) is 1. The molecule has 0 amide bonds. The maximum atomic E-state index is 5.69. The Balaban J connectivity index is 1.58. The van der Waals surface area contributed by atoms with Gasteiger partial charge in [0, 0.05) is 30.9 Å². The van der Waals surface area contributed by atoms with Crippen molar-refractivity contribution in [2.45, 2.75) is 25.8 Å². The van der Waals surface area contributed by atoms with Crippen LogP contribution in [0, 0.1) is 6.92 Å². The SMILES string of the molecule is Cc1ccc(CNCC2CCOc3ccccc32)cn1. The molecule has 0 bridgehead atoms. The van der Waals surface area contributed by atoms with Gasteiger partial charge < -0.3 is 10.1 Å². The van der Waals surface area contributed by atoms with Gasteiger partial charge in [-0.25, -0.2) is 0 Å². The summed E-state index contributed by atoms with van der Waals surface area (Å²) in [7, 11) is 0. The van der Waals surface area contributed by atoms with Crippen LogP contribution in [0.1, 0.15) is 29.2 Å². The first-order chi connectivity index (χ1) is 9.83. The second-order valence-electron chi connectivity index (χ2n) is 5.31. The fraction of sp³-hybridized carbons (Fsp3) is 0.353. The van der Waals surface area contributed by atoms with Gasteiger partial charge in [0.25, 0.3) is 0 Å². The van der Waals surface area contributed by atoms with Crippen molar-refractivity contribution in [1.29, 1.82) is 0 Å². The van der Waals surface area contributed by atoms with Crippen molar-refractivity contribution in [3.63, 3.8) is 0 Å². The Labute approximate surface area is 120 Å². The summed E-state index contributed by atoms with van der Waals surface area (Å²) in [4.78, 5) is 4.32. The minimum absolute atomic E-state index is 0.540. The highest BCUT2D eigenvalue weighted by molar-refractivity contribution is 5.37. The Bertz CT molecular complexity index is 565. The number of fused-ring (bicyclic) bond motifs is 1. The van der Waals surface area contributed by atoms with Crippen molar-refractivity contribution in [3.05, 3.63) is 59.4 Å². The van der Waals surface area contributed by atoms with Crippen molar-refractivity contribution < 1.29 is 4.74 Å². The fourth-order valence-corrected chi connectivity index (χ4v) is 2.62. The predicted molar refractivity (Wildman–Crippen MR) is 80.0 cm³/mol. The van der Waals surface area contributed by atoms with Crippen molar-refractivity contribution in [3.8, 4) is 5.75 Å². The van der Waals surface area contributed by atoms with Gasteiger partial charge in [-0.3, -0.25) is 4.98 Å². The molecule has 1 atom stereocenters. The van der Waals surface area contributed by atoms with Crippen LogP contribution in [0.4, 0.5) is 0 Å². The number of para-hydroxylation sites is 1. The van der Waals surface area contributed by atoms with Gasteiger partial charge in [-0.05, 0) is 36.6 Å². The molecule has 104 valence electrons. The minimum atomic E-state index is 0.540. The van der Waals surface area contributed by atoms with Crippen molar-refractivity contribution >= 4 is 0 Å². The van der Waals surface area contributed by atoms with Crippen LogP contribution in [-0.4, -0.2) is 18.1 Å². The summed E-state index contributed by atoms with van der Waals surface area (Å²) in [5.41, 5.74) is 3.62. The number of hydrogen-bond acceptors (Lipinski definition) is 3. The molecule has 3 nitrogen and oxygen atoms in total. The molecule has 1 N–H and O–H groups in total. The predicted octanol–water partition coefficient (Wildman–Crippen LogP) is 3.05. The molecule has 20 heavy (non-hydrogen) atoms. The third kappa shape index (κ3) is 2.99. The maximum absolute atomic E-state index is 5.69. The second-order valence-corrected chi connectivity index (χ2v) is 5.31. The van der Waals surface area contributed by atoms with Crippen molar-refractivity contribution in [2.75, 3.05) is 13.2 Å². The molecule has 1 aromatic carbocycles. The van der Waals surface area contributed by atoms with Crippen molar-refractivity contribution in [1.82, 2.24) is 10.3 Å². The van der Waals surface area contributed by atoms with Crippen LogP contribution in [0.15, 0.2) is 42.6 Å². The van der Waals surface area contributed by atoms with E-state index < -0.39 is 0 Å². The van der Waals surface area contributed by atoms with E-state index in [1.807, 2.05) is 19.2 Å².